The molecular weight excluding hydrogens is 338 g/mol. The molecule has 24 heavy (non-hydrogen) atoms. The Kier molecular flexibility index (Phi) is 3.75. The smallest absolute Gasteiger partial charge is 0.270 e. The van der Waals surface area contributed by atoms with Crippen LogP contribution in [-0.4, -0.2) is 10.2 Å². The zero-order valence-corrected chi connectivity index (χ0v) is 14.5. The summed E-state index contributed by atoms with van der Waals surface area (Å²) in [6.45, 7) is 1.87. The van der Waals surface area contributed by atoms with Gasteiger partial charge in [-0.05, 0) is 30.5 Å². The molecule has 1 fully saturated rings. The molecule has 0 radical (unpaired) electrons. The predicted molar refractivity (Wildman–Crippen MR) is 103 cm³/mol. The van der Waals surface area contributed by atoms with E-state index < -0.39 is 0 Å². The molecule has 1 amide bonds. The lowest BCUT2D eigenvalue weighted by Crippen LogP contribution is -2.27. The van der Waals surface area contributed by atoms with E-state index in [4.69, 9.17) is 16.6 Å². The van der Waals surface area contributed by atoms with Crippen LogP contribution in [-0.2, 0) is 4.79 Å². The topological polar surface area (TPSA) is 33.5 Å². The molecule has 1 aliphatic rings. The lowest BCUT2D eigenvalue weighted by Gasteiger charge is -2.17. The maximum atomic E-state index is 12.9. The minimum absolute atomic E-state index is 0.115. The second-order valence-corrected chi connectivity index (χ2v) is 7.14. The highest BCUT2D eigenvalue weighted by Gasteiger charge is 2.34. The highest BCUT2D eigenvalue weighted by atomic mass is 32.2. The van der Waals surface area contributed by atoms with Crippen molar-refractivity contribution < 1.29 is 9.21 Å². The van der Waals surface area contributed by atoms with Gasteiger partial charge in [-0.3, -0.25) is 9.69 Å². The molecule has 5 heteroatoms. The van der Waals surface area contributed by atoms with E-state index in [0.29, 0.717) is 15.0 Å². The second kappa shape index (κ2) is 5.92. The molecular formula is C19H13NO2S2. The average molecular weight is 351 g/mol. The standard InChI is InChI=1S/C19H13NO2S2/c1-12-9-10-14(22-12)11-17-18(21)20(19(23)24-17)16-8-4-6-13-5-2-3-7-15(13)16/h2-11H,1H3/b17-11-. The number of hydrogen-bond acceptors (Lipinski definition) is 4. The lowest BCUT2D eigenvalue weighted by molar-refractivity contribution is -0.113. The molecule has 3 aromatic rings. The fourth-order valence-electron chi connectivity index (χ4n) is 2.74. The Hall–Kier alpha value is -2.37. The number of benzene rings is 2. The van der Waals surface area contributed by atoms with Crippen molar-refractivity contribution in [1.82, 2.24) is 0 Å². The van der Waals surface area contributed by atoms with E-state index in [2.05, 4.69) is 0 Å². The Labute approximate surface area is 148 Å². The molecule has 0 unspecified atom stereocenters. The number of furan rings is 1. The number of aryl methyl sites for hydroxylation is 1. The highest BCUT2D eigenvalue weighted by Crippen LogP contribution is 2.38. The average Bonchev–Trinajstić information content (AvgIpc) is 3.11. The van der Waals surface area contributed by atoms with Crippen molar-refractivity contribution in [3.8, 4) is 0 Å². The Morgan fingerprint density at radius 2 is 1.88 bits per heavy atom. The summed E-state index contributed by atoms with van der Waals surface area (Å²) in [5.74, 6) is 1.35. The van der Waals surface area contributed by atoms with Gasteiger partial charge < -0.3 is 4.42 Å². The number of thiocarbonyl (C=S) groups is 1. The van der Waals surface area contributed by atoms with Gasteiger partial charge in [0, 0.05) is 11.5 Å². The van der Waals surface area contributed by atoms with Gasteiger partial charge in [0.05, 0.1) is 10.6 Å². The molecule has 1 saturated heterocycles. The maximum Gasteiger partial charge on any atom is 0.270 e. The van der Waals surface area contributed by atoms with Gasteiger partial charge in [0.2, 0.25) is 0 Å². The Balaban J connectivity index is 1.77. The van der Waals surface area contributed by atoms with E-state index >= 15 is 0 Å². The summed E-state index contributed by atoms with van der Waals surface area (Å²) in [5, 5.41) is 2.08. The maximum absolute atomic E-state index is 12.9. The summed E-state index contributed by atoms with van der Waals surface area (Å²) in [5.41, 5.74) is 0.814. The first kappa shape index (κ1) is 15.2. The van der Waals surface area contributed by atoms with Gasteiger partial charge >= 0.3 is 0 Å². The highest BCUT2D eigenvalue weighted by molar-refractivity contribution is 8.27. The third-order valence-electron chi connectivity index (χ3n) is 3.84. The van der Waals surface area contributed by atoms with Gasteiger partial charge in [0.25, 0.3) is 5.91 Å². The third kappa shape index (κ3) is 2.56. The SMILES string of the molecule is Cc1ccc(/C=C2\SC(=S)N(c3cccc4ccccc34)C2=O)o1. The minimum Gasteiger partial charge on any atom is -0.462 e. The van der Waals surface area contributed by atoms with Crippen LogP contribution in [0.15, 0.2) is 63.9 Å². The van der Waals surface area contributed by atoms with Crippen molar-refractivity contribution >= 4 is 56.7 Å². The number of hydrogen-bond donors (Lipinski definition) is 0. The van der Waals surface area contributed by atoms with E-state index in [1.165, 1.54) is 11.8 Å². The Bertz CT molecular complexity index is 998. The summed E-state index contributed by atoms with van der Waals surface area (Å²) in [7, 11) is 0. The molecule has 2 aromatic carbocycles. The third-order valence-corrected chi connectivity index (χ3v) is 5.14. The summed E-state index contributed by atoms with van der Waals surface area (Å²) >= 11 is 6.76. The summed E-state index contributed by atoms with van der Waals surface area (Å²) < 4.78 is 6.07. The Morgan fingerprint density at radius 3 is 2.67 bits per heavy atom. The van der Waals surface area contributed by atoms with Crippen molar-refractivity contribution in [2.45, 2.75) is 6.92 Å². The zero-order valence-electron chi connectivity index (χ0n) is 12.9. The predicted octanol–water partition coefficient (Wildman–Crippen LogP) is 5.15. The normalized spacial score (nSPS) is 16.5. The van der Waals surface area contributed by atoms with Crippen molar-refractivity contribution in [3.63, 3.8) is 0 Å². The molecule has 0 bridgehead atoms. The van der Waals surface area contributed by atoms with Crippen LogP contribution in [0.3, 0.4) is 0 Å². The molecule has 0 aliphatic carbocycles. The van der Waals surface area contributed by atoms with E-state index in [1.807, 2.05) is 61.5 Å². The number of fused-ring (bicyclic) bond motifs is 1. The van der Waals surface area contributed by atoms with Gasteiger partial charge in [-0.1, -0.05) is 60.4 Å². The molecule has 0 atom stereocenters. The quantitative estimate of drug-likeness (QED) is 0.472. The first-order chi connectivity index (χ1) is 11.6. The molecule has 118 valence electrons. The monoisotopic (exact) mass is 351 g/mol. The molecule has 0 spiro atoms. The molecule has 1 aliphatic heterocycles. The number of nitrogens with zero attached hydrogens (tertiary/aromatic N) is 1. The Morgan fingerprint density at radius 1 is 1.08 bits per heavy atom. The number of carbonyl (C=O) groups excluding carboxylic acids is 1. The van der Waals surface area contributed by atoms with Crippen LogP contribution in [0.5, 0.6) is 0 Å². The van der Waals surface area contributed by atoms with Crippen LogP contribution in [0.25, 0.3) is 16.8 Å². The molecule has 1 aromatic heterocycles. The van der Waals surface area contributed by atoms with Gasteiger partial charge in [0.1, 0.15) is 11.5 Å². The van der Waals surface area contributed by atoms with Crippen LogP contribution < -0.4 is 4.90 Å². The first-order valence-corrected chi connectivity index (χ1v) is 8.68. The lowest BCUT2D eigenvalue weighted by atomic mass is 10.1. The van der Waals surface area contributed by atoms with Gasteiger partial charge in [-0.2, -0.15) is 0 Å². The van der Waals surface area contributed by atoms with Crippen molar-refractivity contribution in [2.24, 2.45) is 0 Å². The zero-order chi connectivity index (χ0) is 16.7. The number of amides is 1. The van der Waals surface area contributed by atoms with Crippen LogP contribution in [0.2, 0.25) is 0 Å². The van der Waals surface area contributed by atoms with Gasteiger partial charge in [-0.15, -0.1) is 0 Å². The van der Waals surface area contributed by atoms with Crippen LogP contribution in [0, 0.1) is 6.92 Å². The first-order valence-electron chi connectivity index (χ1n) is 7.45. The van der Waals surface area contributed by atoms with Gasteiger partial charge in [-0.25, -0.2) is 0 Å². The largest absolute Gasteiger partial charge is 0.462 e. The second-order valence-electron chi connectivity index (χ2n) is 5.46. The van der Waals surface area contributed by atoms with Crippen molar-refractivity contribution in [1.29, 1.82) is 0 Å². The number of anilines is 1. The van der Waals surface area contributed by atoms with Crippen molar-refractivity contribution in [2.75, 3.05) is 4.90 Å². The van der Waals surface area contributed by atoms with E-state index in [-0.39, 0.29) is 5.91 Å². The van der Waals surface area contributed by atoms with Gasteiger partial charge in [0.15, 0.2) is 4.32 Å². The molecule has 4 rings (SSSR count). The van der Waals surface area contributed by atoms with E-state index in [1.54, 1.807) is 11.0 Å². The molecule has 2 heterocycles. The minimum atomic E-state index is -0.115. The molecule has 3 nitrogen and oxygen atoms in total. The summed E-state index contributed by atoms with van der Waals surface area (Å²) in [6.07, 6.45) is 1.75. The number of rotatable bonds is 2. The van der Waals surface area contributed by atoms with Crippen LogP contribution in [0.1, 0.15) is 11.5 Å². The summed E-state index contributed by atoms with van der Waals surface area (Å²) in [4.78, 5) is 15.1. The fraction of sp³-hybridized carbons (Fsp3) is 0.0526. The van der Waals surface area contributed by atoms with Crippen LogP contribution in [0.4, 0.5) is 5.69 Å². The number of thioether (sulfide) groups is 1. The van der Waals surface area contributed by atoms with Crippen LogP contribution >= 0.6 is 24.0 Å². The molecule has 0 N–H and O–H groups in total. The van der Waals surface area contributed by atoms with E-state index in [9.17, 15) is 4.79 Å². The number of carbonyl (C=O) groups is 1. The van der Waals surface area contributed by atoms with Crippen molar-refractivity contribution in [3.05, 3.63) is 71.0 Å². The molecule has 0 saturated carbocycles. The van der Waals surface area contributed by atoms with E-state index in [0.717, 1.165) is 22.2 Å². The summed E-state index contributed by atoms with van der Waals surface area (Å²) in [6, 6.07) is 17.6. The fourth-order valence-corrected chi connectivity index (χ4v) is 4.00.